The molecule has 0 atom stereocenters. The van der Waals surface area contributed by atoms with E-state index in [0.717, 1.165) is 39.0 Å². The molecule has 134 valence electrons. The van der Waals surface area contributed by atoms with Crippen LogP contribution < -0.4 is 4.74 Å². The molecule has 4 heteroatoms. The number of aromatic nitrogens is 1. The average Bonchev–Trinajstić information content (AvgIpc) is 2.65. The van der Waals surface area contributed by atoms with Gasteiger partial charge in [0, 0.05) is 30.2 Å². The number of hydrogen-bond donors (Lipinski definition) is 0. The molecular weight excluding hydrogens is 324 g/mol. The van der Waals surface area contributed by atoms with E-state index in [9.17, 15) is 4.79 Å². The van der Waals surface area contributed by atoms with Gasteiger partial charge in [-0.15, -0.1) is 0 Å². The summed E-state index contributed by atoms with van der Waals surface area (Å²) in [6, 6.07) is 15.8. The molecule has 1 aromatic heterocycles. The molecule has 0 saturated carbocycles. The number of pyridine rings is 1. The number of ether oxygens (including phenoxy) is 1. The number of amides is 1. The topological polar surface area (TPSA) is 42.4 Å². The summed E-state index contributed by atoms with van der Waals surface area (Å²) in [4.78, 5) is 19.2. The van der Waals surface area contributed by atoms with Gasteiger partial charge in [0.1, 0.15) is 5.75 Å². The van der Waals surface area contributed by atoms with Crippen LogP contribution in [0.3, 0.4) is 0 Å². The molecule has 0 unspecified atom stereocenters. The number of carbonyl (C=O) groups excluding carboxylic acids is 1. The van der Waals surface area contributed by atoms with Crippen LogP contribution in [0.5, 0.6) is 5.75 Å². The molecule has 0 aliphatic heterocycles. The SMILES string of the molecule is COc1ccccc1CN(C)C(=O)Cc1c(C)nc2ccccc2c1C. The number of aryl methyl sites for hydroxylation is 2. The quantitative estimate of drug-likeness (QED) is 0.698. The highest BCUT2D eigenvalue weighted by molar-refractivity contribution is 5.86. The summed E-state index contributed by atoms with van der Waals surface area (Å²) in [5.41, 5.74) is 5.03. The number of rotatable bonds is 5. The second-order valence-corrected chi connectivity index (χ2v) is 6.56. The normalized spacial score (nSPS) is 10.8. The Bertz CT molecular complexity index is 950. The molecule has 0 saturated heterocycles. The molecule has 0 aliphatic carbocycles. The molecule has 3 aromatic rings. The largest absolute Gasteiger partial charge is 0.496 e. The number of methoxy groups -OCH3 is 1. The Balaban J connectivity index is 1.82. The van der Waals surface area contributed by atoms with E-state index < -0.39 is 0 Å². The monoisotopic (exact) mass is 348 g/mol. The average molecular weight is 348 g/mol. The van der Waals surface area contributed by atoms with E-state index in [0.29, 0.717) is 13.0 Å². The van der Waals surface area contributed by atoms with E-state index in [-0.39, 0.29) is 5.91 Å². The van der Waals surface area contributed by atoms with Crippen LogP contribution >= 0.6 is 0 Å². The van der Waals surface area contributed by atoms with Crippen molar-refractivity contribution >= 4 is 16.8 Å². The smallest absolute Gasteiger partial charge is 0.227 e. The van der Waals surface area contributed by atoms with Crippen molar-refractivity contribution in [1.82, 2.24) is 9.88 Å². The number of carbonyl (C=O) groups is 1. The second-order valence-electron chi connectivity index (χ2n) is 6.56. The van der Waals surface area contributed by atoms with Crippen molar-refractivity contribution in [3.8, 4) is 5.75 Å². The van der Waals surface area contributed by atoms with Crippen molar-refractivity contribution in [1.29, 1.82) is 0 Å². The van der Waals surface area contributed by atoms with Gasteiger partial charge in [-0.1, -0.05) is 36.4 Å². The van der Waals surface area contributed by atoms with Crippen LogP contribution in [-0.4, -0.2) is 29.9 Å². The van der Waals surface area contributed by atoms with Crippen LogP contribution in [0.25, 0.3) is 10.9 Å². The van der Waals surface area contributed by atoms with Crippen LogP contribution in [0.1, 0.15) is 22.4 Å². The van der Waals surface area contributed by atoms with Crippen LogP contribution in [0, 0.1) is 13.8 Å². The van der Waals surface area contributed by atoms with Gasteiger partial charge in [0.25, 0.3) is 0 Å². The molecular formula is C22H24N2O2. The fourth-order valence-corrected chi connectivity index (χ4v) is 3.29. The highest BCUT2D eigenvalue weighted by Gasteiger charge is 2.17. The first-order valence-corrected chi connectivity index (χ1v) is 8.72. The van der Waals surface area contributed by atoms with E-state index >= 15 is 0 Å². The Kier molecular flexibility index (Phi) is 5.21. The molecule has 2 aromatic carbocycles. The van der Waals surface area contributed by atoms with Crippen LogP contribution in [0.15, 0.2) is 48.5 Å². The van der Waals surface area contributed by atoms with Crippen molar-refractivity contribution in [2.24, 2.45) is 0 Å². The summed E-state index contributed by atoms with van der Waals surface area (Å²) in [5.74, 6) is 0.867. The third-order valence-electron chi connectivity index (χ3n) is 4.84. The molecule has 0 radical (unpaired) electrons. The molecule has 3 rings (SSSR count). The molecule has 26 heavy (non-hydrogen) atoms. The lowest BCUT2D eigenvalue weighted by Gasteiger charge is -2.20. The van der Waals surface area contributed by atoms with E-state index in [1.807, 2.05) is 56.4 Å². The Morgan fingerprint density at radius 2 is 1.77 bits per heavy atom. The lowest BCUT2D eigenvalue weighted by Crippen LogP contribution is -2.28. The Labute approximate surface area is 154 Å². The summed E-state index contributed by atoms with van der Waals surface area (Å²) in [7, 11) is 3.47. The van der Waals surface area contributed by atoms with Gasteiger partial charge in [-0.3, -0.25) is 9.78 Å². The van der Waals surface area contributed by atoms with E-state index in [4.69, 9.17) is 4.74 Å². The third kappa shape index (κ3) is 3.54. The summed E-state index contributed by atoms with van der Waals surface area (Å²) >= 11 is 0. The van der Waals surface area contributed by atoms with Crippen molar-refractivity contribution < 1.29 is 9.53 Å². The molecule has 4 nitrogen and oxygen atoms in total. The number of hydrogen-bond acceptors (Lipinski definition) is 3. The number of benzene rings is 2. The predicted molar refractivity (Wildman–Crippen MR) is 104 cm³/mol. The lowest BCUT2D eigenvalue weighted by molar-refractivity contribution is -0.129. The zero-order valence-electron chi connectivity index (χ0n) is 15.7. The Hall–Kier alpha value is -2.88. The summed E-state index contributed by atoms with van der Waals surface area (Å²) in [6.45, 7) is 4.56. The molecule has 1 amide bonds. The lowest BCUT2D eigenvalue weighted by atomic mass is 9.99. The minimum Gasteiger partial charge on any atom is -0.496 e. The Morgan fingerprint density at radius 3 is 2.54 bits per heavy atom. The van der Waals surface area contributed by atoms with Crippen molar-refractivity contribution in [2.45, 2.75) is 26.8 Å². The molecule has 0 spiro atoms. The summed E-state index contributed by atoms with van der Waals surface area (Å²) < 4.78 is 5.38. The van der Waals surface area contributed by atoms with Crippen LogP contribution in [-0.2, 0) is 17.8 Å². The Morgan fingerprint density at radius 1 is 1.08 bits per heavy atom. The fourth-order valence-electron chi connectivity index (χ4n) is 3.29. The van der Waals surface area contributed by atoms with Gasteiger partial charge in [-0.05, 0) is 37.1 Å². The van der Waals surface area contributed by atoms with Gasteiger partial charge in [-0.25, -0.2) is 0 Å². The summed E-state index contributed by atoms with van der Waals surface area (Å²) in [6.07, 6.45) is 0.348. The number of para-hydroxylation sites is 2. The maximum Gasteiger partial charge on any atom is 0.227 e. The van der Waals surface area contributed by atoms with Gasteiger partial charge >= 0.3 is 0 Å². The maximum absolute atomic E-state index is 12.8. The summed E-state index contributed by atoms with van der Waals surface area (Å²) in [5, 5.41) is 1.10. The van der Waals surface area contributed by atoms with Gasteiger partial charge in [0.05, 0.1) is 19.0 Å². The molecule has 0 fully saturated rings. The first-order valence-electron chi connectivity index (χ1n) is 8.72. The number of likely N-dealkylation sites (N-methyl/N-ethyl adjacent to an activating group) is 1. The van der Waals surface area contributed by atoms with E-state index in [2.05, 4.69) is 18.0 Å². The minimum absolute atomic E-state index is 0.0687. The standard InChI is InChI=1S/C22H24N2O2/c1-15-18-10-6-7-11-20(18)23-16(2)19(15)13-22(25)24(3)14-17-9-5-8-12-21(17)26-4/h5-12H,13-14H2,1-4H3. The first kappa shape index (κ1) is 17.9. The highest BCUT2D eigenvalue weighted by Crippen LogP contribution is 2.24. The van der Waals surface area contributed by atoms with E-state index in [1.165, 1.54) is 0 Å². The molecule has 0 N–H and O–H groups in total. The maximum atomic E-state index is 12.8. The van der Waals surface area contributed by atoms with Crippen molar-refractivity contribution in [3.63, 3.8) is 0 Å². The van der Waals surface area contributed by atoms with Gasteiger partial charge < -0.3 is 9.64 Å². The fraction of sp³-hybridized carbons (Fsp3) is 0.273. The third-order valence-corrected chi connectivity index (χ3v) is 4.84. The van der Waals surface area contributed by atoms with Crippen molar-refractivity contribution in [2.75, 3.05) is 14.2 Å². The molecule has 0 bridgehead atoms. The first-order chi connectivity index (χ1) is 12.5. The van der Waals surface area contributed by atoms with Gasteiger partial charge in [0.2, 0.25) is 5.91 Å². The molecule has 1 heterocycles. The minimum atomic E-state index is 0.0687. The second kappa shape index (κ2) is 7.56. The van der Waals surface area contributed by atoms with Gasteiger partial charge in [-0.2, -0.15) is 0 Å². The van der Waals surface area contributed by atoms with Gasteiger partial charge in [0.15, 0.2) is 0 Å². The zero-order valence-corrected chi connectivity index (χ0v) is 15.7. The molecule has 0 aliphatic rings. The zero-order chi connectivity index (χ0) is 18.7. The van der Waals surface area contributed by atoms with Crippen molar-refractivity contribution in [3.05, 3.63) is 70.9 Å². The highest BCUT2D eigenvalue weighted by atomic mass is 16.5. The number of nitrogens with zero attached hydrogens (tertiary/aromatic N) is 2. The van der Waals surface area contributed by atoms with E-state index in [1.54, 1.807) is 12.0 Å². The van der Waals surface area contributed by atoms with Crippen LogP contribution in [0.2, 0.25) is 0 Å². The number of fused-ring (bicyclic) bond motifs is 1. The predicted octanol–water partition coefficient (Wildman–Crippen LogP) is 4.06. The van der Waals surface area contributed by atoms with Crippen LogP contribution in [0.4, 0.5) is 0 Å².